The molecule has 1 aliphatic rings. The van der Waals surface area contributed by atoms with Gasteiger partial charge in [0.05, 0.1) is 11.1 Å². The summed E-state index contributed by atoms with van der Waals surface area (Å²) in [6.07, 6.45) is 3.57. The van der Waals surface area contributed by atoms with Gasteiger partial charge in [-0.25, -0.2) is 13.1 Å². The maximum Gasteiger partial charge on any atom is 0.241 e. The minimum atomic E-state index is -3.58. The Hall–Kier alpha value is -1.70. The lowest BCUT2D eigenvalue weighted by atomic mass is 10.2. The van der Waals surface area contributed by atoms with E-state index >= 15 is 0 Å². The second kappa shape index (κ2) is 5.97. The lowest BCUT2D eigenvalue weighted by molar-refractivity contribution is 0.431. The number of hydrogen-bond donors (Lipinski definition) is 2. The highest BCUT2D eigenvalue weighted by Gasteiger charge is 2.22. The van der Waals surface area contributed by atoms with E-state index in [1.54, 1.807) is 30.3 Å². The lowest BCUT2D eigenvalue weighted by Crippen LogP contribution is -2.37. The van der Waals surface area contributed by atoms with Crippen LogP contribution < -0.4 is 10.0 Å². The molecule has 1 fully saturated rings. The monoisotopic (exact) mass is 307 g/mol. The van der Waals surface area contributed by atoms with Crippen LogP contribution in [0.25, 0.3) is 11.3 Å². The van der Waals surface area contributed by atoms with Gasteiger partial charge in [-0.2, -0.15) is 0 Å². The van der Waals surface area contributed by atoms with E-state index in [9.17, 15) is 8.42 Å². The molecule has 1 aliphatic heterocycles. The predicted molar refractivity (Wildman–Crippen MR) is 78.2 cm³/mol. The van der Waals surface area contributed by atoms with E-state index in [4.69, 9.17) is 4.52 Å². The third-order valence-electron chi connectivity index (χ3n) is 3.56. The molecule has 1 aromatic carbocycles. The molecule has 0 saturated carbocycles. The van der Waals surface area contributed by atoms with Crippen molar-refractivity contribution in [3.05, 3.63) is 36.5 Å². The van der Waals surface area contributed by atoms with Crippen molar-refractivity contribution in [1.29, 1.82) is 0 Å². The smallest absolute Gasteiger partial charge is 0.241 e. The van der Waals surface area contributed by atoms with Crippen molar-refractivity contribution in [3.63, 3.8) is 0 Å². The molecule has 0 bridgehead atoms. The van der Waals surface area contributed by atoms with Gasteiger partial charge in [0.1, 0.15) is 0 Å². The highest BCUT2D eigenvalue weighted by molar-refractivity contribution is 7.89. The average Bonchev–Trinajstić information content (AvgIpc) is 3.19. The Bertz CT molecular complexity index is 692. The first-order valence-electron chi connectivity index (χ1n) is 6.90. The predicted octanol–water partition coefficient (Wildman–Crippen LogP) is 1.37. The first kappa shape index (κ1) is 14.2. The summed E-state index contributed by atoms with van der Waals surface area (Å²) in [5.74, 6) is 0.440. The number of hydrogen-bond acceptors (Lipinski definition) is 5. The van der Waals surface area contributed by atoms with E-state index in [0.717, 1.165) is 19.4 Å². The number of nitrogens with zero attached hydrogens (tertiary/aromatic N) is 1. The quantitative estimate of drug-likeness (QED) is 0.871. The van der Waals surface area contributed by atoms with Crippen LogP contribution in [0.3, 0.4) is 0 Å². The van der Waals surface area contributed by atoms with Crippen LogP contribution in [0.2, 0.25) is 0 Å². The van der Waals surface area contributed by atoms with Crippen LogP contribution in [-0.2, 0) is 10.0 Å². The number of sulfonamides is 1. The molecule has 0 spiro atoms. The Labute approximate surface area is 123 Å². The van der Waals surface area contributed by atoms with Gasteiger partial charge in [0.25, 0.3) is 0 Å². The Morgan fingerprint density at radius 1 is 1.33 bits per heavy atom. The molecule has 3 rings (SSSR count). The van der Waals surface area contributed by atoms with Crippen molar-refractivity contribution in [2.45, 2.75) is 23.8 Å². The second-order valence-electron chi connectivity index (χ2n) is 5.02. The van der Waals surface area contributed by atoms with E-state index in [1.165, 1.54) is 6.20 Å². The van der Waals surface area contributed by atoms with Gasteiger partial charge in [-0.15, -0.1) is 0 Å². The van der Waals surface area contributed by atoms with E-state index in [2.05, 4.69) is 15.2 Å². The standard InChI is InChI=1S/C14H17N3O3S/c18-21(19,17-10-11-4-3-8-15-11)14-6-2-1-5-12(14)13-7-9-16-20-13/h1-2,5-7,9,11,15,17H,3-4,8,10H2. The highest BCUT2D eigenvalue weighted by Crippen LogP contribution is 2.26. The number of benzene rings is 1. The fourth-order valence-corrected chi connectivity index (χ4v) is 3.77. The Balaban J connectivity index is 1.85. The van der Waals surface area contributed by atoms with Gasteiger partial charge >= 0.3 is 0 Å². The Morgan fingerprint density at radius 3 is 2.90 bits per heavy atom. The van der Waals surface area contributed by atoms with E-state index in [-0.39, 0.29) is 10.9 Å². The zero-order chi connectivity index (χ0) is 14.7. The maximum atomic E-state index is 12.5. The number of rotatable bonds is 5. The highest BCUT2D eigenvalue weighted by atomic mass is 32.2. The molecular formula is C14H17N3O3S. The van der Waals surface area contributed by atoms with Crippen LogP contribution >= 0.6 is 0 Å². The SMILES string of the molecule is O=S(=O)(NCC1CCCN1)c1ccccc1-c1ccno1. The number of aromatic nitrogens is 1. The third-order valence-corrected chi connectivity index (χ3v) is 5.04. The molecule has 7 heteroatoms. The average molecular weight is 307 g/mol. The molecule has 1 aromatic heterocycles. The summed E-state index contributed by atoms with van der Waals surface area (Å²) in [5.41, 5.74) is 0.516. The van der Waals surface area contributed by atoms with Crippen LogP contribution in [0.15, 0.2) is 45.9 Å². The molecule has 0 radical (unpaired) electrons. The zero-order valence-corrected chi connectivity index (χ0v) is 12.3. The molecular weight excluding hydrogens is 290 g/mol. The fourth-order valence-electron chi connectivity index (χ4n) is 2.48. The summed E-state index contributed by atoms with van der Waals surface area (Å²) in [6.45, 7) is 1.34. The van der Waals surface area contributed by atoms with Gasteiger partial charge < -0.3 is 9.84 Å². The normalized spacial score (nSPS) is 19.0. The van der Waals surface area contributed by atoms with Crippen molar-refractivity contribution >= 4 is 10.0 Å². The lowest BCUT2D eigenvalue weighted by Gasteiger charge is -2.13. The van der Waals surface area contributed by atoms with Crippen molar-refractivity contribution in [1.82, 2.24) is 15.2 Å². The largest absolute Gasteiger partial charge is 0.356 e. The second-order valence-corrected chi connectivity index (χ2v) is 6.75. The van der Waals surface area contributed by atoms with Crippen molar-refractivity contribution in [2.24, 2.45) is 0 Å². The first-order valence-corrected chi connectivity index (χ1v) is 8.38. The molecule has 21 heavy (non-hydrogen) atoms. The van der Waals surface area contributed by atoms with Gasteiger partial charge in [0, 0.05) is 24.2 Å². The summed E-state index contributed by atoms with van der Waals surface area (Å²) < 4.78 is 32.8. The van der Waals surface area contributed by atoms with Crippen LogP contribution in [0.4, 0.5) is 0 Å². The van der Waals surface area contributed by atoms with E-state index < -0.39 is 10.0 Å². The number of nitrogens with one attached hydrogen (secondary N) is 2. The molecule has 2 aromatic rings. The molecule has 1 atom stereocenters. The van der Waals surface area contributed by atoms with Crippen molar-refractivity contribution in [2.75, 3.05) is 13.1 Å². The Kier molecular flexibility index (Phi) is 4.05. The summed E-state index contributed by atoms with van der Waals surface area (Å²) in [7, 11) is -3.58. The molecule has 0 amide bonds. The van der Waals surface area contributed by atoms with Gasteiger partial charge in [-0.05, 0) is 31.5 Å². The van der Waals surface area contributed by atoms with Gasteiger partial charge in [0.2, 0.25) is 10.0 Å². The summed E-state index contributed by atoms with van der Waals surface area (Å²) >= 11 is 0. The fraction of sp³-hybridized carbons (Fsp3) is 0.357. The molecule has 0 aliphatic carbocycles. The molecule has 2 heterocycles. The van der Waals surface area contributed by atoms with Crippen molar-refractivity contribution in [3.8, 4) is 11.3 Å². The first-order chi connectivity index (χ1) is 10.2. The van der Waals surface area contributed by atoms with Crippen molar-refractivity contribution < 1.29 is 12.9 Å². The minimum Gasteiger partial charge on any atom is -0.356 e. The van der Waals surface area contributed by atoms with E-state index in [1.807, 2.05) is 0 Å². The maximum absolute atomic E-state index is 12.5. The summed E-state index contributed by atoms with van der Waals surface area (Å²) in [4.78, 5) is 0.208. The minimum absolute atomic E-state index is 0.206. The topological polar surface area (TPSA) is 84.2 Å². The molecule has 2 N–H and O–H groups in total. The molecule has 112 valence electrons. The van der Waals surface area contributed by atoms with Crippen LogP contribution in [-0.4, -0.2) is 32.7 Å². The van der Waals surface area contributed by atoms with Crippen LogP contribution in [0.5, 0.6) is 0 Å². The third kappa shape index (κ3) is 3.15. The van der Waals surface area contributed by atoms with E-state index in [0.29, 0.717) is 17.9 Å². The summed E-state index contributed by atoms with van der Waals surface area (Å²) in [5, 5.41) is 6.90. The zero-order valence-electron chi connectivity index (χ0n) is 11.5. The molecule has 1 unspecified atom stereocenters. The van der Waals surface area contributed by atoms with Gasteiger partial charge in [0.15, 0.2) is 5.76 Å². The summed E-state index contributed by atoms with van der Waals surface area (Å²) in [6, 6.07) is 8.60. The molecule has 6 nitrogen and oxygen atoms in total. The Morgan fingerprint density at radius 2 is 2.19 bits per heavy atom. The van der Waals surface area contributed by atoms with Gasteiger partial charge in [-0.3, -0.25) is 0 Å². The van der Waals surface area contributed by atoms with Crippen LogP contribution in [0, 0.1) is 0 Å². The molecule has 1 saturated heterocycles. The van der Waals surface area contributed by atoms with Gasteiger partial charge in [-0.1, -0.05) is 17.3 Å². The van der Waals surface area contributed by atoms with Crippen LogP contribution in [0.1, 0.15) is 12.8 Å².